The number of esters is 3. The molecule has 0 fully saturated rings. The summed E-state index contributed by atoms with van der Waals surface area (Å²) < 4.78 is 61.1. The van der Waals surface area contributed by atoms with Crippen LogP contribution in [0, 0.1) is 0 Å². The van der Waals surface area contributed by atoms with Crippen molar-refractivity contribution in [3.8, 4) is 0 Å². The molecule has 0 aromatic rings. The molecule has 0 spiro atoms. The van der Waals surface area contributed by atoms with Crippen molar-refractivity contribution in [2.75, 3.05) is 39.6 Å². The Kier molecular flexibility index (Phi) is 70.0. The van der Waals surface area contributed by atoms with E-state index < -0.39 is 91.5 Å². The van der Waals surface area contributed by atoms with Crippen molar-refractivity contribution in [1.29, 1.82) is 0 Å². The van der Waals surface area contributed by atoms with Crippen molar-refractivity contribution in [1.82, 2.24) is 0 Å². The molecule has 101 heavy (non-hydrogen) atoms. The molecule has 0 aliphatic heterocycles. The normalized spacial score (nSPS) is 15.1. The number of phosphoric acid groups is 2. The first-order chi connectivity index (χ1) is 49.2. The van der Waals surface area contributed by atoms with Crippen LogP contribution < -0.4 is 0 Å². The predicted octanol–water partition coefficient (Wildman–Crippen LogP) is 22.0. The highest BCUT2D eigenvalue weighted by Crippen LogP contribution is 2.45. The van der Waals surface area contributed by atoms with Gasteiger partial charge in [-0.15, -0.1) is 0 Å². The lowest BCUT2D eigenvalue weighted by Gasteiger charge is -2.21. The zero-order valence-electron chi connectivity index (χ0n) is 62.0. The number of hydrogen-bond acceptors (Lipinski definition) is 14. The molecule has 0 aromatic carbocycles. The van der Waals surface area contributed by atoms with Gasteiger partial charge in [-0.05, 0) is 161 Å². The monoisotopic (exact) mass is 1450 g/mol. The third kappa shape index (κ3) is 75.4. The number of unbranched alkanes of at least 4 members (excludes halogenated alkanes) is 14. The molecule has 4 N–H and O–H groups in total. The molecule has 18 heteroatoms. The fraction of sp³-hybridized carbons (Fsp3) is 0.578. The fourth-order valence-corrected chi connectivity index (χ4v) is 10.7. The summed E-state index contributed by atoms with van der Waals surface area (Å²) in [4.78, 5) is 58.6. The summed E-state index contributed by atoms with van der Waals surface area (Å²) in [5.41, 5.74) is 0. The number of hydrogen-bond donors (Lipinski definition) is 4. The van der Waals surface area contributed by atoms with Crippen molar-refractivity contribution in [2.45, 2.75) is 270 Å². The van der Waals surface area contributed by atoms with E-state index in [0.717, 1.165) is 193 Å². The Bertz CT molecular complexity index is 2620. The van der Waals surface area contributed by atoms with Gasteiger partial charge in [0.25, 0.3) is 0 Å². The van der Waals surface area contributed by atoms with E-state index in [4.69, 9.17) is 32.3 Å². The quantitative estimate of drug-likeness (QED) is 0.0146. The molecule has 16 nitrogen and oxygen atoms in total. The second-order valence-corrected chi connectivity index (χ2v) is 27.2. The molecule has 570 valence electrons. The lowest BCUT2D eigenvalue weighted by molar-refractivity contribution is -0.161. The van der Waals surface area contributed by atoms with Gasteiger partial charge in [-0.25, -0.2) is 9.13 Å². The Balaban J connectivity index is 4.79. The molecule has 0 aromatic heterocycles. The second kappa shape index (κ2) is 74.1. The Morgan fingerprint density at radius 2 is 0.495 bits per heavy atom. The standard InChI is InChI=1S/C83H132O16P2/c1-4-7-10-13-16-19-22-25-28-31-34-36-38-40-43-45-48-51-54-57-60-63-66-69-81(86)93-72-78(84)73-95-100(89,90)96-74-79(85)75-97-101(91,92)98-77-80(99-83(88)71-68-65-62-59-56-53-50-47-42-33-30-27-24-21-18-15-12-9-6-3)76-94-82(87)70-67-64-61-58-55-52-49-46-44-41-39-37-35-32-29-26-23-20-17-14-11-8-5-2/h7-12,16-21,25-30,34-37,40-44,47-48,51,53,56,78-80,84-85H,4-6,13-15,22-24,31-33,38-39,45-46,49-50,52,54-55,57-77H2,1-3H3,(H,89,90)(H,91,92)/b10-7-,11-8-,12-9-,19-16-,20-17-,21-18-,28-25-,29-26-,30-27-,36-34-,37-35-,43-40-,44-41-,47-42-,51-48-,56-53-. The van der Waals surface area contributed by atoms with Crippen LogP contribution in [0.1, 0.15) is 252 Å². The highest BCUT2D eigenvalue weighted by Gasteiger charge is 2.29. The van der Waals surface area contributed by atoms with Crippen LogP contribution in [0.25, 0.3) is 0 Å². The number of carbonyl (C=O) groups excluding carboxylic acids is 3. The molecular weight excluding hydrogens is 1310 g/mol. The highest BCUT2D eigenvalue weighted by molar-refractivity contribution is 7.47. The van der Waals surface area contributed by atoms with Crippen molar-refractivity contribution in [3.63, 3.8) is 0 Å². The van der Waals surface area contributed by atoms with Crippen LogP contribution in [0.4, 0.5) is 0 Å². The van der Waals surface area contributed by atoms with Gasteiger partial charge in [0.1, 0.15) is 25.4 Å². The predicted molar refractivity (Wildman–Crippen MR) is 417 cm³/mol. The SMILES string of the molecule is CC/C=C\C/C=C\C/C=C\C/C=C\C/C=C\C/C=C\CCCCCCC(=O)OCC(O)COP(=O)(O)OCC(O)COP(=O)(O)OCC(COC(=O)CCCCCCCCC/C=C\C/C=C\C/C=C\C/C=C\C/C=C\CC)OC(=O)CCCCC/C=C\C/C=C\C/C=C\C/C=C\C/C=C\CC. The number of ether oxygens (including phenoxy) is 3. The topological polar surface area (TPSA) is 231 Å². The summed E-state index contributed by atoms with van der Waals surface area (Å²) in [7, 11) is -9.83. The van der Waals surface area contributed by atoms with E-state index in [1.807, 2.05) is 0 Å². The van der Waals surface area contributed by atoms with E-state index in [1.165, 1.54) is 0 Å². The maximum atomic E-state index is 13.0. The summed E-state index contributed by atoms with van der Waals surface area (Å²) in [6.07, 6.45) is 96.1. The van der Waals surface area contributed by atoms with Gasteiger partial charge < -0.3 is 34.2 Å². The zero-order chi connectivity index (χ0) is 73.7. The lowest BCUT2D eigenvalue weighted by atomic mass is 10.1. The van der Waals surface area contributed by atoms with Crippen molar-refractivity contribution in [3.05, 3.63) is 194 Å². The highest BCUT2D eigenvalue weighted by atomic mass is 31.2. The van der Waals surface area contributed by atoms with Crippen LogP contribution in [0.3, 0.4) is 0 Å². The number of aliphatic hydroxyl groups is 2. The summed E-state index contributed by atoms with van der Waals surface area (Å²) in [6, 6.07) is 0. The summed E-state index contributed by atoms with van der Waals surface area (Å²) in [5.74, 6) is -1.67. The minimum atomic E-state index is -4.96. The number of rotatable bonds is 69. The smallest absolute Gasteiger partial charge is 0.463 e. The third-order valence-corrected chi connectivity index (χ3v) is 16.7. The minimum absolute atomic E-state index is 0.0535. The molecule has 0 rings (SSSR count). The fourth-order valence-electron chi connectivity index (χ4n) is 9.15. The van der Waals surface area contributed by atoms with Gasteiger partial charge >= 0.3 is 33.6 Å². The first kappa shape index (κ1) is 95.4. The van der Waals surface area contributed by atoms with Crippen LogP contribution >= 0.6 is 15.6 Å². The van der Waals surface area contributed by atoms with Crippen molar-refractivity contribution < 1.29 is 75.8 Å². The average Bonchev–Trinajstić information content (AvgIpc) is 1.05. The molecular formula is C83H132O16P2. The van der Waals surface area contributed by atoms with Gasteiger partial charge in [-0.2, -0.15) is 0 Å². The number of carbonyl (C=O) groups is 3. The van der Waals surface area contributed by atoms with E-state index >= 15 is 0 Å². The van der Waals surface area contributed by atoms with Gasteiger partial charge in [0.05, 0.1) is 26.4 Å². The molecule has 0 radical (unpaired) electrons. The summed E-state index contributed by atoms with van der Waals surface area (Å²) in [6.45, 7) is 2.22. The Morgan fingerprint density at radius 3 is 0.792 bits per heavy atom. The first-order valence-corrected chi connectivity index (χ1v) is 40.7. The zero-order valence-corrected chi connectivity index (χ0v) is 63.8. The van der Waals surface area contributed by atoms with Gasteiger partial charge in [0.2, 0.25) is 0 Å². The van der Waals surface area contributed by atoms with E-state index in [0.29, 0.717) is 19.3 Å². The van der Waals surface area contributed by atoms with Crippen LogP contribution in [0.15, 0.2) is 194 Å². The molecule has 0 bridgehead atoms. The van der Waals surface area contributed by atoms with Crippen LogP contribution in [0.2, 0.25) is 0 Å². The van der Waals surface area contributed by atoms with Crippen LogP contribution in [-0.4, -0.2) is 95.9 Å². The Labute approximate surface area is 610 Å². The molecule has 0 heterocycles. The maximum Gasteiger partial charge on any atom is 0.472 e. The molecule has 0 saturated heterocycles. The summed E-state index contributed by atoms with van der Waals surface area (Å²) in [5, 5.41) is 20.6. The summed E-state index contributed by atoms with van der Waals surface area (Å²) >= 11 is 0. The van der Waals surface area contributed by atoms with E-state index in [2.05, 4.69) is 215 Å². The largest absolute Gasteiger partial charge is 0.472 e. The molecule has 5 unspecified atom stereocenters. The second-order valence-electron chi connectivity index (χ2n) is 24.3. The molecule has 5 atom stereocenters. The lowest BCUT2D eigenvalue weighted by Crippen LogP contribution is -2.30. The molecule has 0 saturated carbocycles. The van der Waals surface area contributed by atoms with E-state index in [1.54, 1.807) is 0 Å². The van der Waals surface area contributed by atoms with Crippen molar-refractivity contribution >= 4 is 33.6 Å². The first-order valence-electron chi connectivity index (χ1n) is 37.7. The number of allylic oxidation sites excluding steroid dienone is 32. The maximum absolute atomic E-state index is 13.0. The third-order valence-electron chi connectivity index (χ3n) is 14.8. The van der Waals surface area contributed by atoms with Gasteiger partial charge in [-0.3, -0.25) is 32.5 Å². The van der Waals surface area contributed by atoms with Gasteiger partial charge in [0, 0.05) is 19.3 Å². The van der Waals surface area contributed by atoms with Gasteiger partial charge in [-0.1, -0.05) is 267 Å². The molecule has 0 amide bonds. The van der Waals surface area contributed by atoms with Crippen LogP contribution in [0.5, 0.6) is 0 Å². The average molecular weight is 1450 g/mol. The van der Waals surface area contributed by atoms with Crippen molar-refractivity contribution in [2.24, 2.45) is 0 Å². The Hall–Kier alpha value is -5.61. The van der Waals surface area contributed by atoms with Crippen LogP contribution in [-0.2, 0) is 55.8 Å². The molecule has 0 aliphatic rings. The minimum Gasteiger partial charge on any atom is -0.463 e. The number of phosphoric ester groups is 2. The van der Waals surface area contributed by atoms with Gasteiger partial charge in [0.15, 0.2) is 6.10 Å². The molecule has 0 aliphatic carbocycles. The van der Waals surface area contributed by atoms with E-state index in [-0.39, 0.29) is 19.3 Å². The van der Waals surface area contributed by atoms with E-state index in [9.17, 15) is 43.5 Å². The number of aliphatic hydroxyl groups excluding tert-OH is 2. The Morgan fingerprint density at radius 1 is 0.277 bits per heavy atom.